The van der Waals surface area contributed by atoms with Crippen molar-refractivity contribution >= 4 is 17.3 Å². The molecule has 0 amide bonds. The molecule has 1 unspecified atom stereocenters. The Kier molecular flexibility index (Phi) is 7.33. The third-order valence-electron chi connectivity index (χ3n) is 4.14. The van der Waals surface area contributed by atoms with Crippen molar-refractivity contribution < 1.29 is 4.74 Å². The molecule has 1 aromatic heterocycles. The third-order valence-corrected chi connectivity index (χ3v) is 5.12. The van der Waals surface area contributed by atoms with Crippen molar-refractivity contribution in [2.45, 2.75) is 18.9 Å². The maximum Gasteiger partial charge on any atom is 0.193 e. The zero-order valence-corrected chi connectivity index (χ0v) is 15.6. The lowest BCUT2D eigenvalue weighted by atomic mass is 10.2. The monoisotopic (exact) mass is 338 g/mol. The number of thiophene rings is 1. The molecule has 1 aliphatic rings. The van der Waals surface area contributed by atoms with E-state index >= 15 is 0 Å². The summed E-state index contributed by atoms with van der Waals surface area (Å²) in [6.07, 6.45) is 2.68. The molecule has 1 atom stereocenters. The standard InChI is InChI=1S/C17H30N4OS/c1-18-17(21(4)9-10-22-13-14-7-8-14)19-12-15(20(2)3)16-6-5-11-23-16/h5-6,11,14-15H,7-10,12-13H2,1-4H3,(H,18,19). The first kappa shape index (κ1) is 18.2. The molecule has 6 heteroatoms. The van der Waals surface area contributed by atoms with Crippen LogP contribution in [0.25, 0.3) is 0 Å². The molecule has 0 bridgehead atoms. The van der Waals surface area contributed by atoms with Gasteiger partial charge in [0.2, 0.25) is 0 Å². The number of guanidine groups is 1. The van der Waals surface area contributed by atoms with Crippen LogP contribution in [0.3, 0.4) is 0 Å². The molecule has 0 spiro atoms. The van der Waals surface area contributed by atoms with Gasteiger partial charge in [-0.25, -0.2) is 0 Å². The van der Waals surface area contributed by atoms with Crippen LogP contribution in [0.15, 0.2) is 22.5 Å². The number of nitrogens with one attached hydrogen (secondary N) is 1. The van der Waals surface area contributed by atoms with E-state index in [-0.39, 0.29) is 0 Å². The number of likely N-dealkylation sites (N-methyl/N-ethyl adjacent to an activating group) is 2. The molecular formula is C17H30N4OS. The minimum atomic E-state index is 0.353. The van der Waals surface area contributed by atoms with Gasteiger partial charge in [0.25, 0.3) is 0 Å². The lowest BCUT2D eigenvalue weighted by Gasteiger charge is -2.27. The Morgan fingerprint density at radius 2 is 2.22 bits per heavy atom. The van der Waals surface area contributed by atoms with Gasteiger partial charge in [-0.1, -0.05) is 6.07 Å². The zero-order valence-electron chi connectivity index (χ0n) is 14.8. The van der Waals surface area contributed by atoms with Crippen LogP contribution < -0.4 is 5.32 Å². The molecule has 2 rings (SSSR count). The van der Waals surface area contributed by atoms with Crippen LogP contribution in [-0.4, -0.2) is 70.3 Å². The van der Waals surface area contributed by atoms with Crippen molar-refractivity contribution in [1.82, 2.24) is 15.1 Å². The zero-order chi connectivity index (χ0) is 16.7. The Labute approximate surface area is 144 Å². The first-order valence-corrected chi connectivity index (χ1v) is 9.19. The average Bonchev–Trinajstić information content (AvgIpc) is 3.20. The summed E-state index contributed by atoms with van der Waals surface area (Å²) in [5, 5.41) is 5.62. The number of rotatable bonds is 9. The fraction of sp³-hybridized carbons (Fsp3) is 0.706. The minimum Gasteiger partial charge on any atom is -0.379 e. The predicted molar refractivity (Wildman–Crippen MR) is 98.3 cm³/mol. The summed E-state index contributed by atoms with van der Waals surface area (Å²) in [4.78, 5) is 10.1. The van der Waals surface area contributed by atoms with Gasteiger partial charge in [0.05, 0.1) is 12.6 Å². The van der Waals surface area contributed by atoms with Gasteiger partial charge < -0.3 is 19.9 Å². The first-order chi connectivity index (χ1) is 11.1. The van der Waals surface area contributed by atoms with Crippen LogP contribution in [0.1, 0.15) is 23.8 Å². The van der Waals surface area contributed by atoms with Gasteiger partial charge in [0, 0.05) is 38.7 Å². The second-order valence-corrected chi connectivity index (χ2v) is 7.34. The summed E-state index contributed by atoms with van der Waals surface area (Å²) < 4.78 is 5.71. The molecule has 5 nitrogen and oxygen atoms in total. The van der Waals surface area contributed by atoms with Gasteiger partial charge >= 0.3 is 0 Å². The Hall–Kier alpha value is -1.11. The highest BCUT2D eigenvalue weighted by molar-refractivity contribution is 7.10. The van der Waals surface area contributed by atoms with E-state index in [4.69, 9.17) is 4.74 Å². The van der Waals surface area contributed by atoms with Crippen LogP contribution in [0, 0.1) is 5.92 Å². The SMILES string of the molecule is CN=C(NCC(c1cccs1)N(C)C)N(C)CCOCC1CC1. The van der Waals surface area contributed by atoms with Gasteiger partial charge in [-0.2, -0.15) is 0 Å². The van der Waals surface area contributed by atoms with E-state index in [2.05, 4.69) is 58.8 Å². The Morgan fingerprint density at radius 1 is 1.43 bits per heavy atom. The summed E-state index contributed by atoms with van der Waals surface area (Å²) in [6.45, 7) is 3.38. The lowest BCUT2D eigenvalue weighted by Crippen LogP contribution is -2.43. The van der Waals surface area contributed by atoms with Crippen molar-refractivity contribution in [3.63, 3.8) is 0 Å². The first-order valence-electron chi connectivity index (χ1n) is 8.31. The molecule has 1 saturated carbocycles. The fourth-order valence-corrected chi connectivity index (χ4v) is 3.36. The number of nitrogens with zero attached hydrogens (tertiary/aromatic N) is 3. The van der Waals surface area contributed by atoms with E-state index in [0.29, 0.717) is 6.04 Å². The van der Waals surface area contributed by atoms with E-state index in [0.717, 1.165) is 38.2 Å². The lowest BCUT2D eigenvalue weighted by molar-refractivity contribution is 0.115. The highest BCUT2D eigenvalue weighted by atomic mass is 32.1. The molecule has 0 aliphatic heterocycles. The molecule has 1 N–H and O–H groups in total. The van der Waals surface area contributed by atoms with Crippen LogP contribution in [0.4, 0.5) is 0 Å². The van der Waals surface area contributed by atoms with Crippen molar-refractivity contribution in [2.24, 2.45) is 10.9 Å². The van der Waals surface area contributed by atoms with E-state index in [1.807, 2.05) is 7.05 Å². The molecule has 23 heavy (non-hydrogen) atoms. The topological polar surface area (TPSA) is 40.1 Å². The van der Waals surface area contributed by atoms with Crippen molar-refractivity contribution in [3.05, 3.63) is 22.4 Å². The molecule has 1 aromatic rings. The minimum absolute atomic E-state index is 0.353. The van der Waals surface area contributed by atoms with Crippen LogP contribution in [0.2, 0.25) is 0 Å². The summed E-state index contributed by atoms with van der Waals surface area (Å²) in [6, 6.07) is 4.65. The van der Waals surface area contributed by atoms with Gasteiger partial charge in [0.1, 0.15) is 0 Å². The van der Waals surface area contributed by atoms with Gasteiger partial charge in [-0.3, -0.25) is 4.99 Å². The summed E-state index contributed by atoms with van der Waals surface area (Å²) >= 11 is 1.80. The molecule has 0 radical (unpaired) electrons. The van der Waals surface area contributed by atoms with E-state index in [1.54, 1.807) is 11.3 Å². The van der Waals surface area contributed by atoms with Gasteiger partial charge in [-0.05, 0) is 44.3 Å². The van der Waals surface area contributed by atoms with Crippen molar-refractivity contribution in [1.29, 1.82) is 0 Å². The average molecular weight is 339 g/mol. The second-order valence-electron chi connectivity index (χ2n) is 6.36. The van der Waals surface area contributed by atoms with Crippen LogP contribution in [0.5, 0.6) is 0 Å². The van der Waals surface area contributed by atoms with E-state index in [1.165, 1.54) is 17.7 Å². The normalized spacial score (nSPS) is 16.7. The van der Waals surface area contributed by atoms with Gasteiger partial charge in [0.15, 0.2) is 5.96 Å². The molecule has 130 valence electrons. The summed E-state index contributed by atoms with van der Waals surface area (Å²) in [7, 11) is 8.12. The highest BCUT2D eigenvalue weighted by Gasteiger charge is 2.21. The molecular weight excluding hydrogens is 308 g/mol. The molecule has 1 fully saturated rings. The number of hydrogen-bond acceptors (Lipinski definition) is 4. The predicted octanol–water partition coefficient (Wildman–Crippen LogP) is 2.28. The quantitative estimate of drug-likeness (QED) is 0.426. The Balaban J connectivity index is 1.75. The van der Waals surface area contributed by atoms with Crippen LogP contribution in [-0.2, 0) is 4.74 Å². The van der Waals surface area contributed by atoms with E-state index in [9.17, 15) is 0 Å². The third kappa shape index (κ3) is 6.12. The smallest absolute Gasteiger partial charge is 0.193 e. The van der Waals surface area contributed by atoms with Gasteiger partial charge in [-0.15, -0.1) is 11.3 Å². The number of aliphatic imine (C=N–C) groups is 1. The van der Waals surface area contributed by atoms with E-state index < -0.39 is 0 Å². The van der Waals surface area contributed by atoms with Crippen molar-refractivity contribution in [2.75, 3.05) is 54.5 Å². The number of hydrogen-bond donors (Lipinski definition) is 1. The number of ether oxygens (including phenoxy) is 1. The Bertz CT molecular complexity index is 471. The molecule has 0 saturated heterocycles. The maximum atomic E-state index is 5.71. The fourth-order valence-electron chi connectivity index (χ4n) is 2.43. The maximum absolute atomic E-state index is 5.71. The Morgan fingerprint density at radius 3 is 2.78 bits per heavy atom. The molecule has 1 aliphatic carbocycles. The molecule has 0 aromatic carbocycles. The van der Waals surface area contributed by atoms with Crippen LogP contribution >= 0.6 is 11.3 Å². The largest absolute Gasteiger partial charge is 0.379 e. The van der Waals surface area contributed by atoms with Crippen molar-refractivity contribution in [3.8, 4) is 0 Å². The molecule has 1 heterocycles. The summed E-state index contributed by atoms with van der Waals surface area (Å²) in [5.41, 5.74) is 0. The highest BCUT2D eigenvalue weighted by Crippen LogP contribution is 2.28. The second kappa shape index (κ2) is 9.25. The summed E-state index contributed by atoms with van der Waals surface area (Å²) in [5.74, 6) is 1.74.